The maximum absolute atomic E-state index is 13.5. The highest BCUT2D eigenvalue weighted by Crippen LogP contribution is 2.40. The molecule has 0 amide bonds. The molecule has 0 fully saturated rings. The third-order valence-electron chi connectivity index (χ3n) is 10.2. The Bertz CT molecular complexity index is 1850. The van der Waals surface area contributed by atoms with Gasteiger partial charge in [0.25, 0.3) is 5.69 Å². The molecule has 1 aliphatic rings. The standard InChI is InChI=1S/C47H59N3O8/c1-4-56-46(52)43-35(2)49-36(3)44(45(43)38-25-21-27-40(33-38)50(54)55)47(53)58-32-20-12-10-8-6-5-7-9-11-19-31-57-42(51)29-18-14-17-28-41(37-23-15-13-16-24-37)39-26-22-30-48-34-39/h13,15-16,21-28,30,33-34,45,49H,4-12,14,17-20,29,31-32H2,1-3H3/b41-28+. The van der Waals surface area contributed by atoms with E-state index < -0.39 is 22.8 Å². The zero-order valence-corrected chi connectivity index (χ0v) is 34.3. The van der Waals surface area contributed by atoms with Gasteiger partial charge in [0.05, 0.1) is 41.8 Å². The van der Waals surface area contributed by atoms with E-state index >= 15 is 0 Å². The quantitative estimate of drug-likeness (QED) is 0.0289. The summed E-state index contributed by atoms with van der Waals surface area (Å²) in [6.45, 7) is 6.01. The number of esters is 3. The number of allylic oxidation sites excluding steroid dienone is 3. The van der Waals surface area contributed by atoms with Crippen molar-refractivity contribution in [2.45, 2.75) is 117 Å². The number of nitrogens with one attached hydrogen (secondary N) is 1. The molecule has 0 spiro atoms. The van der Waals surface area contributed by atoms with Crippen molar-refractivity contribution in [2.75, 3.05) is 19.8 Å². The molecule has 11 heteroatoms. The fourth-order valence-corrected chi connectivity index (χ4v) is 7.22. The van der Waals surface area contributed by atoms with E-state index in [-0.39, 0.29) is 36.0 Å². The molecule has 3 aromatic rings. The molecule has 310 valence electrons. The summed E-state index contributed by atoms with van der Waals surface area (Å²) in [5.74, 6) is -2.15. The third kappa shape index (κ3) is 14.4. The molecule has 11 nitrogen and oxygen atoms in total. The van der Waals surface area contributed by atoms with Gasteiger partial charge in [-0.1, -0.05) is 106 Å². The SMILES string of the molecule is CCOC(=O)C1=C(C)NC(C)=C(C(=O)OCCCCCCCCCCCCOC(=O)CCCC/C=C(\c2ccccc2)c2cccnc2)C1c1cccc([N+](=O)[O-])c1. The van der Waals surface area contributed by atoms with Gasteiger partial charge < -0.3 is 19.5 Å². The molecule has 2 aromatic carbocycles. The number of rotatable bonds is 25. The lowest BCUT2D eigenvalue weighted by molar-refractivity contribution is -0.384. The molecule has 0 bridgehead atoms. The van der Waals surface area contributed by atoms with Crippen LogP contribution in [0.15, 0.2) is 108 Å². The van der Waals surface area contributed by atoms with Crippen LogP contribution in [0.1, 0.15) is 133 Å². The first kappa shape index (κ1) is 45.1. The van der Waals surface area contributed by atoms with Gasteiger partial charge in [-0.3, -0.25) is 19.9 Å². The molecule has 58 heavy (non-hydrogen) atoms. The molecule has 1 N–H and O–H groups in total. The Balaban J connectivity index is 1.04. The van der Waals surface area contributed by atoms with E-state index in [9.17, 15) is 24.5 Å². The summed E-state index contributed by atoms with van der Waals surface area (Å²) in [5.41, 5.74) is 5.22. The molecule has 0 saturated heterocycles. The van der Waals surface area contributed by atoms with Crippen LogP contribution in [-0.2, 0) is 28.6 Å². The van der Waals surface area contributed by atoms with E-state index in [1.165, 1.54) is 12.1 Å². The van der Waals surface area contributed by atoms with Crippen LogP contribution in [0.5, 0.6) is 0 Å². The summed E-state index contributed by atoms with van der Waals surface area (Å²) in [6, 6.07) is 20.3. The summed E-state index contributed by atoms with van der Waals surface area (Å²) < 4.78 is 16.5. The van der Waals surface area contributed by atoms with E-state index in [2.05, 4.69) is 34.6 Å². The minimum absolute atomic E-state index is 0.118. The van der Waals surface area contributed by atoms with E-state index in [1.54, 1.807) is 39.1 Å². The molecule has 1 unspecified atom stereocenters. The lowest BCUT2D eigenvalue weighted by Crippen LogP contribution is -2.32. The van der Waals surface area contributed by atoms with Gasteiger partial charge >= 0.3 is 17.9 Å². The van der Waals surface area contributed by atoms with Crippen LogP contribution in [0, 0.1) is 10.1 Å². The van der Waals surface area contributed by atoms with Crippen molar-refractivity contribution >= 4 is 29.2 Å². The first-order chi connectivity index (χ1) is 28.2. The number of non-ortho nitro benzene ring substituents is 1. The van der Waals surface area contributed by atoms with E-state index in [1.807, 2.05) is 30.5 Å². The van der Waals surface area contributed by atoms with Crippen LogP contribution >= 0.6 is 0 Å². The van der Waals surface area contributed by atoms with Crippen LogP contribution in [0.4, 0.5) is 5.69 Å². The van der Waals surface area contributed by atoms with Gasteiger partial charge in [-0.25, -0.2) is 9.59 Å². The van der Waals surface area contributed by atoms with Gasteiger partial charge in [0, 0.05) is 47.9 Å². The second kappa shape index (κ2) is 24.9. The minimum Gasteiger partial charge on any atom is -0.466 e. The minimum atomic E-state index is -0.870. The second-order valence-corrected chi connectivity index (χ2v) is 14.6. The molecule has 2 heterocycles. The van der Waals surface area contributed by atoms with Crippen molar-refractivity contribution in [2.24, 2.45) is 0 Å². The maximum Gasteiger partial charge on any atom is 0.336 e. The number of carbonyl (C=O) groups is 3. The zero-order valence-electron chi connectivity index (χ0n) is 34.3. The smallest absolute Gasteiger partial charge is 0.336 e. The first-order valence-corrected chi connectivity index (χ1v) is 20.8. The Hall–Kier alpha value is -5.58. The highest BCUT2D eigenvalue weighted by Gasteiger charge is 2.38. The van der Waals surface area contributed by atoms with Gasteiger partial charge in [0.1, 0.15) is 0 Å². The lowest BCUT2D eigenvalue weighted by atomic mass is 9.80. The van der Waals surface area contributed by atoms with Crippen LogP contribution in [0.3, 0.4) is 0 Å². The Morgan fingerprint density at radius 2 is 1.33 bits per heavy atom. The van der Waals surface area contributed by atoms with Gasteiger partial charge in [0.15, 0.2) is 0 Å². The second-order valence-electron chi connectivity index (χ2n) is 14.6. The number of nitro groups is 1. The largest absolute Gasteiger partial charge is 0.466 e. The average Bonchev–Trinajstić information content (AvgIpc) is 3.22. The normalized spacial score (nSPS) is 14.2. The lowest BCUT2D eigenvalue weighted by Gasteiger charge is -2.30. The molecule has 1 atom stereocenters. The van der Waals surface area contributed by atoms with Gasteiger partial charge in [-0.05, 0) is 75.6 Å². The predicted molar refractivity (Wildman–Crippen MR) is 225 cm³/mol. The summed E-state index contributed by atoms with van der Waals surface area (Å²) >= 11 is 0. The topological polar surface area (TPSA) is 147 Å². The fraction of sp³-hybridized carbons (Fsp3) is 0.447. The highest BCUT2D eigenvalue weighted by atomic mass is 16.6. The molecule has 0 radical (unpaired) electrons. The summed E-state index contributed by atoms with van der Waals surface area (Å²) in [7, 11) is 0. The molecule has 1 aromatic heterocycles. The molecule has 4 rings (SSSR count). The Kier molecular flexibility index (Phi) is 19.4. The number of hydrogen-bond donors (Lipinski definition) is 1. The molecular formula is C47H59N3O8. The number of benzene rings is 2. The van der Waals surface area contributed by atoms with Gasteiger partial charge in [-0.2, -0.15) is 0 Å². The number of hydrogen-bond acceptors (Lipinski definition) is 10. The predicted octanol–water partition coefficient (Wildman–Crippen LogP) is 10.5. The van der Waals surface area contributed by atoms with Crippen molar-refractivity contribution in [1.82, 2.24) is 10.3 Å². The number of dihydropyridines is 1. The van der Waals surface area contributed by atoms with Crippen molar-refractivity contribution in [3.63, 3.8) is 0 Å². The van der Waals surface area contributed by atoms with Crippen LogP contribution in [0.25, 0.3) is 5.57 Å². The number of carbonyl (C=O) groups excluding carboxylic acids is 3. The van der Waals surface area contributed by atoms with Crippen molar-refractivity contribution in [3.8, 4) is 0 Å². The average molecular weight is 794 g/mol. The van der Waals surface area contributed by atoms with Gasteiger partial charge in [0.2, 0.25) is 0 Å². The summed E-state index contributed by atoms with van der Waals surface area (Å²) in [5, 5.41) is 14.6. The van der Waals surface area contributed by atoms with Crippen LogP contribution < -0.4 is 5.32 Å². The van der Waals surface area contributed by atoms with E-state index in [4.69, 9.17) is 14.2 Å². The Labute approximate surface area is 343 Å². The van der Waals surface area contributed by atoms with Crippen molar-refractivity contribution < 1.29 is 33.5 Å². The Morgan fingerprint density at radius 1 is 0.724 bits per heavy atom. The molecular weight excluding hydrogens is 735 g/mol. The fourth-order valence-electron chi connectivity index (χ4n) is 7.22. The monoisotopic (exact) mass is 793 g/mol. The highest BCUT2D eigenvalue weighted by molar-refractivity contribution is 6.00. The Morgan fingerprint density at radius 3 is 1.93 bits per heavy atom. The number of nitro benzene ring substituents is 1. The molecule has 1 aliphatic heterocycles. The number of ether oxygens (including phenoxy) is 3. The summed E-state index contributed by atoms with van der Waals surface area (Å²) in [4.78, 5) is 54.1. The van der Waals surface area contributed by atoms with Crippen molar-refractivity contribution in [1.29, 1.82) is 0 Å². The molecule has 0 aliphatic carbocycles. The number of aromatic nitrogens is 1. The molecule has 0 saturated carbocycles. The number of unbranched alkanes of at least 4 members (excludes halogenated alkanes) is 11. The van der Waals surface area contributed by atoms with Crippen LogP contribution in [-0.4, -0.2) is 47.6 Å². The van der Waals surface area contributed by atoms with E-state index in [0.29, 0.717) is 36.4 Å². The first-order valence-electron chi connectivity index (χ1n) is 20.8. The maximum atomic E-state index is 13.5. The van der Waals surface area contributed by atoms with Crippen LogP contribution in [0.2, 0.25) is 0 Å². The summed E-state index contributed by atoms with van der Waals surface area (Å²) in [6.07, 6.45) is 19.2. The van der Waals surface area contributed by atoms with E-state index in [0.717, 1.165) is 93.7 Å². The van der Waals surface area contributed by atoms with Gasteiger partial charge in [-0.15, -0.1) is 0 Å². The number of pyridine rings is 1. The zero-order chi connectivity index (χ0) is 41.5. The number of nitrogens with zero attached hydrogens (tertiary/aromatic N) is 2. The third-order valence-corrected chi connectivity index (χ3v) is 10.2. The van der Waals surface area contributed by atoms with Crippen molar-refractivity contribution in [3.05, 3.63) is 135 Å².